The van der Waals surface area contributed by atoms with Gasteiger partial charge in [-0.1, -0.05) is 12.2 Å². The van der Waals surface area contributed by atoms with Crippen molar-refractivity contribution in [3.8, 4) is 11.3 Å². The predicted molar refractivity (Wildman–Crippen MR) is 91.6 cm³/mol. The number of hydrogen-bond acceptors (Lipinski definition) is 3. The van der Waals surface area contributed by atoms with Gasteiger partial charge in [0.2, 0.25) is 0 Å². The minimum Gasteiger partial charge on any atom is -0.326 e. The van der Waals surface area contributed by atoms with Gasteiger partial charge >= 0.3 is 5.69 Å². The van der Waals surface area contributed by atoms with E-state index in [2.05, 4.69) is 32.3 Å². The summed E-state index contributed by atoms with van der Waals surface area (Å²) in [4.78, 5) is 18.4. The van der Waals surface area contributed by atoms with Crippen LogP contribution in [0.15, 0.2) is 41.5 Å². The highest BCUT2D eigenvalue weighted by molar-refractivity contribution is 5.63. The highest BCUT2D eigenvalue weighted by Gasteiger charge is 2.23. The molecule has 2 N–H and O–H groups in total. The highest BCUT2D eigenvalue weighted by atomic mass is 19.2. The number of rotatable bonds is 4. The number of imidazole rings is 1. The van der Waals surface area contributed by atoms with Crippen LogP contribution >= 0.6 is 0 Å². The lowest BCUT2D eigenvalue weighted by Gasteiger charge is -2.21. The molecule has 1 aromatic carbocycles. The van der Waals surface area contributed by atoms with Crippen LogP contribution in [0.25, 0.3) is 11.3 Å². The van der Waals surface area contributed by atoms with E-state index >= 15 is 0 Å². The molecule has 1 aliphatic rings. The molecule has 1 atom stereocenters. The molecule has 3 aromatic rings. The Hall–Kier alpha value is -3.03. The Labute approximate surface area is 147 Å². The molecule has 0 bridgehead atoms. The maximum atomic E-state index is 13.7. The van der Waals surface area contributed by atoms with E-state index in [0.29, 0.717) is 23.6 Å². The molecule has 8 heteroatoms. The molecule has 1 unspecified atom stereocenters. The summed E-state index contributed by atoms with van der Waals surface area (Å²) in [6.45, 7) is 0.338. The lowest BCUT2D eigenvalue weighted by atomic mass is 9.89. The van der Waals surface area contributed by atoms with Gasteiger partial charge in [-0.25, -0.2) is 23.7 Å². The number of allylic oxidation sites excluding steroid dienone is 2. The largest absolute Gasteiger partial charge is 0.340 e. The van der Waals surface area contributed by atoms with Crippen molar-refractivity contribution < 1.29 is 8.78 Å². The molecule has 0 saturated carbocycles. The Kier molecular flexibility index (Phi) is 4.24. The zero-order chi connectivity index (χ0) is 18.1. The maximum Gasteiger partial charge on any atom is 0.340 e. The number of nitrogens with zero attached hydrogens (tertiary/aromatic N) is 3. The SMILES string of the molecule is O=c1[nH]nc(Cn2cnc(-c3ccc(F)c(F)c3)c2C2CC=CCC2)[nH]1. The van der Waals surface area contributed by atoms with Crippen LogP contribution in [0, 0.1) is 11.6 Å². The van der Waals surface area contributed by atoms with E-state index in [4.69, 9.17) is 0 Å². The molecule has 0 amide bonds. The number of H-pyrrole nitrogens is 2. The molecule has 0 fully saturated rings. The molecular weight excluding hydrogens is 340 g/mol. The number of nitrogens with one attached hydrogen (secondary N) is 2. The summed E-state index contributed by atoms with van der Waals surface area (Å²) >= 11 is 0. The Morgan fingerprint density at radius 2 is 2.12 bits per heavy atom. The molecular formula is C18H17F2N5O. The van der Waals surface area contributed by atoms with Crippen LogP contribution in [0.5, 0.6) is 0 Å². The monoisotopic (exact) mass is 357 g/mol. The van der Waals surface area contributed by atoms with Gasteiger partial charge in [0.1, 0.15) is 0 Å². The number of halogens is 2. The van der Waals surface area contributed by atoms with E-state index < -0.39 is 11.6 Å². The molecule has 26 heavy (non-hydrogen) atoms. The normalized spacial score (nSPS) is 16.9. The smallest absolute Gasteiger partial charge is 0.326 e. The minimum atomic E-state index is -0.900. The van der Waals surface area contributed by atoms with Crippen LogP contribution in [0.1, 0.15) is 36.7 Å². The molecule has 0 spiro atoms. The molecule has 0 aliphatic heterocycles. The fraction of sp³-hybridized carbons (Fsp3) is 0.278. The van der Waals surface area contributed by atoms with Gasteiger partial charge in [-0.15, -0.1) is 0 Å². The lowest BCUT2D eigenvalue weighted by Crippen LogP contribution is -2.12. The number of aromatic amines is 2. The molecule has 0 saturated heterocycles. The lowest BCUT2D eigenvalue weighted by molar-refractivity contribution is 0.509. The van der Waals surface area contributed by atoms with Gasteiger partial charge in [-0.3, -0.25) is 4.98 Å². The van der Waals surface area contributed by atoms with Crippen molar-refractivity contribution in [1.29, 1.82) is 0 Å². The first-order chi connectivity index (χ1) is 12.6. The summed E-state index contributed by atoms with van der Waals surface area (Å²) in [5, 5.41) is 6.28. The third-order valence-electron chi connectivity index (χ3n) is 4.60. The van der Waals surface area contributed by atoms with Crippen molar-refractivity contribution in [3.63, 3.8) is 0 Å². The molecule has 6 nitrogen and oxygen atoms in total. The van der Waals surface area contributed by atoms with Gasteiger partial charge in [0.25, 0.3) is 0 Å². The van der Waals surface area contributed by atoms with E-state index in [1.54, 1.807) is 6.33 Å². The van der Waals surface area contributed by atoms with Crippen LogP contribution in [-0.4, -0.2) is 24.7 Å². The maximum absolute atomic E-state index is 13.7. The van der Waals surface area contributed by atoms with Crippen LogP contribution in [-0.2, 0) is 6.54 Å². The molecule has 4 rings (SSSR count). The van der Waals surface area contributed by atoms with E-state index in [-0.39, 0.29) is 11.6 Å². The molecule has 1 aliphatic carbocycles. The average Bonchev–Trinajstić information content (AvgIpc) is 3.25. The Balaban J connectivity index is 1.79. The summed E-state index contributed by atoms with van der Waals surface area (Å²) in [5.41, 5.74) is 1.72. The summed E-state index contributed by atoms with van der Waals surface area (Å²) < 4.78 is 28.9. The van der Waals surface area contributed by atoms with E-state index in [9.17, 15) is 13.6 Å². The quantitative estimate of drug-likeness (QED) is 0.704. The molecule has 2 heterocycles. The van der Waals surface area contributed by atoms with Crippen molar-refractivity contribution in [3.05, 3.63) is 70.3 Å². The van der Waals surface area contributed by atoms with Crippen LogP contribution < -0.4 is 5.69 Å². The van der Waals surface area contributed by atoms with Crippen molar-refractivity contribution in [2.75, 3.05) is 0 Å². The van der Waals surface area contributed by atoms with Gasteiger partial charge in [-0.2, -0.15) is 5.10 Å². The fourth-order valence-electron chi connectivity index (χ4n) is 3.39. The Morgan fingerprint density at radius 1 is 1.23 bits per heavy atom. The topological polar surface area (TPSA) is 79.4 Å². The van der Waals surface area contributed by atoms with Crippen molar-refractivity contribution >= 4 is 0 Å². The van der Waals surface area contributed by atoms with Crippen LogP contribution in [0.2, 0.25) is 0 Å². The third-order valence-corrected chi connectivity index (χ3v) is 4.60. The van der Waals surface area contributed by atoms with Gasteiger partial charge < -0.3 is 4.57 Å². The predicted octanol–water partition coefficient (Wildman–Crippen LogP) is 3.11. The highest BCUT2D eigenvalue weighted by Crippen LogP contribution is 2.36. The Bertz CT molecular complexity index is 1020. The fourth-order valence-corrected chi connectivity index (χ4v) is 3.39. The molecule has 0 radical (unpaired) electrons. The van der Waals surface area contributed by atoms with Crippen LogP contribution in [0.4, 0.5) is 8.78 Å². The number of hydrogen-bond donors (Lipinski definition) is 2. The standard InChI is InChI=1S/C18H17F2N5O/c19-13-7-6-12(8-14(13)20)16-17(11-4-2-1-3-5-11)25(10-21-16)9-15-22-18(26)24-23-15/h1-2,6-8,10-11H,3-5,9H2,(H2,22,23,24,26). The first-order valence-corrected chi connectivity index (χ1v) is 8.41. The van der Waals surface area contributed by atoms with Gasteiger partial charge in [0.15, 0.2) is 17.5 Å². The van der Waals surface area contributed by atoms with Crippen LogP contribution in [0.3, 0.4) is 0 Å². The third kappa shape index (κ3) is 3.10. The number of aromatic nitrogens is 5. The summed E-state index contributed by atoms with van der Waals surface area (Å²) in [6, 6.07) is 3.81. The van der Waals surface area contributed by atoms with Gasteiger partial charge in [-0.05, 0) is 37.5 Å². The van der Waals surface area contributed by atoms with Gasteiger partial charge in [0.05, 0.1) is 18.6 Å². The van der Waals surface area contributed by atoms with E-state index in [0.717, 1.165) is 31.0 Å². The summed E-state index contributed by atoms with van der Waals surface area (Å²) in [5.74, 6) is -1.10. The van der Waals surface area contributed by atoms with Crippen molar-refractivity contribution in [1.82, 2.24) is 24.7 Å². The van der Waals surface area contributed by atoms with Crippen molar-refractivity contribution in [2.24, 2.45) is 0 Å². The minimum absolute atomic E-state index is 0.205. The second kappa shape index (κ2) is 6.70. The zero-order valence-electron chi connectivity index (χ0n) is 13.9. The zero-order valence-corrected chi connectivity index (χ0v) is 13.9. The molecule has 134 valence electrons. The first kappa shape index (κ1) is 16.4. The Morgan fingerprint density at radius 3 is 2.81 bits per heavy atom. The average molecular weight is 357 g/mol. The van der Waals surface area contributed by atoms with Gasteiger partial charge in [0, 0.05) is 17.2 Å². The first-order valence-electron chi connectivity index (χ1n) is 8.41. The molecule has 2 aromatic heterocycles. The second-order valence-electron chi connectivity index (χ2n) is 6.34. The van der Waals surface area contributed by atoms with E-state index in [1.165, 1.54) is 12.1 Å². The number of benzene rings is 1. The second-order valence-corrected chi connectivity index (χ2v) is 6.34. The van der Waals surface area contributed by atoms with E-state index in [1.807, 2.05) is 4.57 Å². The summed E-state index contributed by atoms with van der Waals surface area (Å²) in [6.07, 6.45) is 8.65. The summed E-state index contributed by atoms with van der Waals surface area (Å²) in [7, 11) is 0. The van der Waals surface area contributed by atoms with Crippen molar-refractivity contribution in [2.45, 2.75) is 31.7 Å².